The van der Waals surface area contributed by atoms with Gasteiger partial charge in [-0.2, -0.15) is 0 Å². The summed E-state index contributed by atoms with van der Waals surface area (Å²) in [7, 11) is 0. The van der Waals surface area contributed by atoms with Gasteiger partial charge >= 0.3 is 0 Å². The van der Waals surface area contributed by atoms with Gasteiger partial charge in [-0.05, 0) is 93.9 Å². The van der Waals surface area contributed by atoms with Crippen molar-refractivity contribution in [2.75, 3.05) is 18.0 Å². The van der Waals surface area contributed by atoms with Crippen molar-refractivity contribution in [3.63, 3.8) is 0 Å². The van der Waals surface area contributed by atoms with Crippen molar-refractivity contribution in [2.24, 2.45) is 17.8 Å². The van der Waals surface area contributed by atoms with Crippen molar-refractivity contribution < 1.29 is 13.6 Å². The van der Waals surface area contributed by atoms with Gasteiger partial charge in [0.1, 0.15) is 23.0 Å². The summed E-state index contributed by atoms with van der Waals surface area (Å²) < 4.78 is 30.3. The first-order valence-electron chi connectivity index (χ1n) is 14.1. The minimum Gasteiger partial charge on any atom is -0.357 e. The third-order valence-electron chi connectivity index (χ3n) is 9.31. The van der Waals surface area contributed by atoms with Gasteiger partial charge in [-0.25, -0.2) is 13.8 Å². The van der Waals surface area contributed by atoms with Gasteiger partial charge in [0.2, 0.25) is 5.43 Å². The molecular weight excluding hydrogens is 498 g/mol. The van der Waals surface area contributed by atoms with E-state index in [0.29, 0.717) is 17.7 Å². The van der Waals surface area contributed by atoms with E-state index in [1.165, 1.54) is 35.2 Å². The van der Waals surface area contributed by atoms with Crippen LogP contribution in [0.2, 0.25) is 0 Å². The Morgan fingerprint density at radius 3 is 2.72 bits per heavy atom. The van der Waals surface area contributed by atoms with Gasteiger partial charge in [-0.15, -0.1) is 0 Å². The first-order chi connectivity index (χ1) is 18.8. The number of allylic oxidation sites excluding steroid dienone is 1. The molecule has 3 aromatic rings. The summed E-state index contributed by atoms with van der Waals surface area (Å²) in [6.45, 7) is 3.73. The van der Waals surface area contributed by atoms with Crippen LogP contribution in [-0.2, 0) is 0 Å². The van der Waals surface area contributed by atoms with Gasteiger partial charge in [0.05, 0.1) is 16.6 Å². The molecule has 2 aromatic heterocycles. The smallest absolute Gasteiger partial charge is 0.257 e. The number of fused-ring (bicyclic) bond motifs is 2. The molecule has 0 radical (unpaired) electrons. The van der Waals surface area contributed by atoms with Crippen LogP contribution < -0.4 is 15.6 Å². The normalized spacial score (nSPS) is 27.6. The maximum atomic E-state index is 15.1. The molecule has 1 aromatic carbocycles. The summed E-state index contributed by atoms with van der Waals surface area (Å²) >= 11 is 0. The van der Waals surface area contributed by atoms with Crippen LogP contribution in [0.1, 0.15) is 62.2 Å². The van der Waals surface area contributed by atoms with E-state index in [1.54, 1.807) is 12.1 Å². The van der Waals surface area contributed by atoms with Gasteiger partial charge in [0, 0.05) is 25.4 Å². The number of nitrogens with one attached hydrogen (secondary N) is 1. The second kappa shape index (κ2) is 9.00. The highest BCUT2D eigenvalue weighted by atomic mass is 19.1. The Morgan fingerprint density at radius 2 is 1.92 bits per heavy atom. The third kappa shape index (κ3) is 4.15. The second-order valence-corrected chi connectivity index (χ2v) is 12.1. The van der Waals surface area contributed by atoms with E-state index >= 15 is 4.39 Å². The van der Waals surface area contributed by atoms with E-state index in [-0.39, 0.29) is 22.3 Å². The number of amides is 1. The maximum absolute atomic E-state index is 15.1. The van der Waals surface area contributed by atoms with Crippen LogP contribution in [0.25, 0.3) is 16.7 Å². The Balaban J connectivity index is 1.33. The monoisotopic (exact) mass is 530 g/mol. The van der Waals surface area contributed by atoms with Crippen molar-refractivity contribution in [3.8, 4) is 5.69 Å². The molecule has 1 N–H and O–H groups in total. The van der Waals surface area contributed by atoms with Crippen LogP contribution in [-0.4, -0.2) is 34.1 Å². The Kier molecular flexibility index (Phi) is 5.65. The van der Waals surface area contributed by atoms with E-state index in [2.05, 4.69) is 16.3 Å². The van der Waals surface area contributed by atoms with Crippen LogP contribution in [0.3, 0.4) is 0 Å². The molecule has 1 aliphatic heterocycles. The van der Waals surface area contributed by atoms with Crippen molar-refractivity contribution in [3.05, 3.63) is 75.6 Å². The third-order valence-corrected chi connectivity index (χ3v) is 9.31. The lowest BCUT2D eigenvalue weighted by Gasteiger charge is -2.39. The summed E-state index contributed by atoms with van der Waals surface area (Å²) in [6, 6.07) is 6.74. The standard InChI is InChI=1S/C31H32F2N4O2/c1-31(15-18-11-19-13-20(16-31)23(19)12-18)35-30(39)24-17-37(26-7-5-21(32)14-25(26)33)29-22(28(24)38)6-8-27(34-29)36-9-3-2-4-10-36/h5-8,14,16-19,23H,2-4,9-13,15H2,1H3,(H,35,39). The van der Waals surface area contributed by atoms with E-state index in [1.807, 2.05) is 6.92 Å². The number of pyridine rings is 2. The molecule has 4 atom stereocenters. The molecule has 3 fully saturated rings. The number of nitrogens with zero attached hydrogens (tertiary/aromatic N) is 3. The van der Waals surface area contributed by atoms with Crippen LogP contribution in [0.15, 0.2) is 53.0 Å². The van der Waals surface area contributed by atoms with Gasteiger partial charge in [-0.1, -0.05) is 11.6 Å². The fraction of sp³-hybridized carbons (Fsp3) is 0.452. The van der Waals surface area contributed by atoms with Crippen molar-refractivity contribution in [1.82, 2.24) is 14.9 Å². The Bertz CT molecular complexity index is 1590. The van der Waals surface area contributed by atoms with Crippen LogP contribution >= 0.6 is 0 Å². The topological polar surface area (TPSA) is 67.2 Å². The predicted molar refractivity (Wildman–Crippen MR) is 146 cm³/mol. The summed E-state index contributed by atoms with van der Waals surface area (Å²) in [6.07, 6.45) is 11.1. The number of rotatable bonds is 4. The van der Waals surface area contributed by atoms with E-state index in [4.69, 9.17) is 4.98 Å². The Hall–Kier alpha value is -3.55. The lowest BCUT2D eigenvalue weighted by Crippen LogP contribution is -2.48. The molecule has 8 heteroatoms. The number of piperidine rings is 1. The first-order valence-corrected chi connectivity index (χ1v) is 14.1. The number of hydrogen-bond donors (Lipinski definition) is 1. The fourth-order valence-corrected chi connectivity index (χ4v) is 7.54. The average Bonchev–Trinajstić information content (AvgIpc) is 3.17. The number of aromatic nitrogens is 2. The van der Waals surface area contributed by atoms with Crippen LogP contribution in [0.5, 0.6) is 0 Å². The molecular formula is C31H32F2N4O2. The number of anilines is 1. The minimum atomic E-state index is -0.799. The Labute approximate surface area is 225 Å². The highest BCUT2D eigenvalue weighted by Crippen LogP contribution is 2.57. The molecule has 202 valence electrons. The van der Waals surface area contributed by atoms with E-state index in [0.717, 1.165) is 63.2 Å². The molecule has 3 aliphatic carbocycles. The number of carbonyl (C=O) groups is 1. The Morgan fingerprint density at radius 1 is 1.10 bits per heavy atom. The number of halogens is 2. The molecule has 1 amide bonds. The molecule has 4 unspecified atom stereocenters. The quantitative estimate of drug-likeness (QED) is 0.451. The van der Waals surface area contributed by atoms with Crippen molar-refractivity contribution in [1.29, 1.82) is 0 Å². The molecule has 4 aliphatic rings. The summed E-state index contributed by atoms with van der Waals surface area (Å²) in [5, 5.41) is 3.37. The summed E-state index contributed by atoms with van der Waals surface area (Å²) in [5.41, 5.74) is 0.598. The summed E-state index contributed by atoms with van der Waals surface area (Å²) in [5.74, 6) is 0.694. The molecule has 3 heterocycles. The van der Waals surface area contributed by atoms with Gasteiger partial charge < -0.3 is 10.2 Å². The predicted octanol–water partition coefficient (Wildman–Crippen LogP) is 5.52. The SMILES string of the molecule is CC1(NC(=O)c2cn(-c3ccc(F)cc3F)c3nc(N4CCCCC4)ccc3c2=O)C=C2CC3CC(CC23)C1. The molecule has 1 saturated heterocycles. The van der Waals surface area contributed by atoms with Gasteiger partial charge in [0.25, 0.3) is 5.91 Å². The van der Waals surface area contributed by atoms with Crippen LogP contribution in [0.4, 0.5) is 14.6 Å². The summed E-state index contributed by atoms with van der Waals surface area (Å²) in [4.78, 5) is 34.3. The molecule has 2 saturated carbocycles. The largest absolute Gasteiger partial charge is 0.357 e. The molecule has 7 rings (SSSR count). The molecule has 2 bridgehead atoms. The highest BCUT2D eigenvalue weighted by molar-refractivity contribution is 5.98. The number of benzene rings is 1. The maximum Gasteiger partial charge on any atom is 0.257 e. The van der Waals surface area contributed by atoms with Crippen molar-refractivity contribution in [2.45, 2.75) is 57.4 Å². The lowest BCUT2D eigenvalue weighted by molar-refractivity contribution is 0.0910. The zero-order valence-electron chi connectivity index (χ0n) is 22.1. The molecule has 0 spiro atoms. The second-order valence-electron chi connectivity index (χ2n) is 12.1. The fourth-order valence-electron chi connectivity index (χ4n) is 7.54. The zero-order chi connectivity index (χ0) is 26.9. The van der Waals surface area contributed by atoms with Crippen LogP contribution in [0, 0.1) is 29.4 Å². The molecule has 6 nitrogen and oxygen atoms in total. The van der Waals surface area contributed by atoms with Gasteiger partial charge in [0.15, 0.2) is 5.65 Å². The first kappa shape index (κ1) is 24.5. The van der Waals surface area contributed by atoms with E-state index < -0.39 is 28.5 Å². The minimum absolute atomic E-state index is 0.0272. The van der Waals surface area contributed by atoms with E-state index in [9.17, 15) is 14.0 Å². The van der Waals surface area contributed by atoms with Crippen molar-refractivity contribution >= 4 is 22.8 Å². The average molecular weight is 531 g/mol. The number of carbonyl (C=O) groups excluding carboxylic acids is 1. The zero-order valence-corrected chi connectivity index (χ0v) is 22.1. The number of hydrogen-bond acceptors (Lipinski definition) is 4. The van der Waals surface area contributed by atoms with Gasteiger partial charge in [-0.3, -0.25) is 14.2 Å². The molecule has 39 heavy (non-hydrogen) atoms. The highest BCUT2D eigenvalue weighted by Gasteiger charge is 2.49. The lowest BCUT2D eigenvalue weighted by atomic mass is 9.69.